The predicted molar refractivity (Wildman–Crippen MR) is 310 cm³/mol. The molecule has 3 heteroatoms. The van der Waals surface area contributed by atoms with Gasteiger partial charge in [-0.2, -0.15) is 0 Å². The van der Waals surface area contributed by atoms with Crippen LogP contribution in [0, 0.1) is 10.8 Å². The van der Waals surface area contributed by atoms with Gasteiger partial charge in [0.15, 0.2) is 0 Å². The fourth-order valence-electron chi connectivity index (χ4n) is 11.5. The molecule has 0 fully saturated rings. The fourth-order valence-corrected chi connectivity index (χ4v) is 11.5. The van der Waals surface area contributed by atoms with E-state index in [1.54, 1.807) is 0 Å². The summed E-state index contributed by atoms with van der Waals surface area (Å²) in [4.78, 5) is 5.30. The Hall–Kier alpha value is -6.58. The summed E-state index contributed by atoms with van der Waals surface area (Å²) < 4.78 is 0. The van der Waals surface area contributed by atoms with Gasteiger partial charge in [0, 0.05) is 28.4 Å². The molecule has 2 nitrogen and oxygen atoms in total. The molecule has 0 unspecified atom stereocenters. The van der Waals surface area contributed by atoms with E-state index in [0.29, 0.717) is 0 Å². The van der Waals surface area contributed by atoms with E-state index in [2.05, 4.69) is 264 Å². The van der Waals surface area contributed by atoms with Crippen LogP contribution in [0.2, 0.25) is 0 Å². The molecule has 0 radical (unpaired) electrons. The van der Waals surface area contributed by atoms with Crippen molar-refractivity contribution in [2.45, 2.75) is 120 Å². The molecule has 10 rings (SSSR count). The Balaban J connectivity index is 1.36. The first-order chi connectivity index (χ1) is 33.6. The fraction of sp³-hybridized carbons (Fsp3) is 0.294. The second-order valence-corrected chi connectivity index (χ2v) is 24.9. The van der Waals surface area contributed by atoms with Gasteiger partial charge in [-0.15, -0.1) is 0 Å². The molecule has 358 valence electrons. The van der Waals surface area contributed by atoms with Gasteiger partial charge in [-0.05, 0) is 179 Å². The lowest BCUT2D eigenvalue weighted by Gasteiger charge is -2.46. The number of hydrogen-bond acceptors (Lipinski definition) is 2. The van der Waals surface area contributed by atoms with E-state index < -0.39 is 0 Å². The first kappa shape index (κ1) is 48.1. The summed E-state index contributed by atoms with van der Waals surface area (Å²) in [6.45, 7) is 34.9. The molecule has 7 aromatic rings. The van der Waals surface area contributed by atoms with Gasteiger partial charge < -0.3 is 9.80 Å². The van der Waals surface area contributed by atoms with E-state index in [0.717, 1.165) is 18.5 Å². The van der Waals surface area contributed by atoms with Gasteiger partial charge in [-0.25, -0.2) is 0 Å². The van der Waals surface area contributed by atoms with E-state index in [1.807, 2.05) is 6.08 Å². The number of nitrogens with zero attached hydrogens (tertiary/aromatic N) is 2. The number of fused-ring (bicyclic) bond motifs is 5. The zero-order chi connectivity index (χ0) is 50.4. The van der Waals surface area contributed by atoms with Crippen LogP contribution in [0.4, 0.5) is 28.4 Å². The van der Waals surface area contributed by atoms with Gasteiger partial charge in [-0.1, -0.05) is 200 Å². The molecule has 0 saturated carbocycles. The highest BCUT2D eigenvalue weighted by Gasteiger charge is 2.46. The van der Waals surface area contributed by atoms with Crippen LogP contribution in [0.25, 0.3) is 28.0 Å². The Morgan fingerprint density at radius 1 is 0.577 bits per heavy atom. The molecule has 0 amide bonds. The highest BCUT2D eigenvalue weighted by atomic mass is 15.2. The van der Waals surface area contributed by atoms with Crippen LogP contribution in [0.15, 0.2) is 176 Å². The number of hydrogen-bond donors (Lipinski definition) is 0. The standard InChI is InChI=1S/C68H73BN2/c1-15-22-54(66(7,8)9)41-60(50-34-48(45-23-18-16-19-24-45)33-49(35-50)46-25-20-17-21-26-46)71-61-39-52-43-68(13,14)42-51(52)36-57(61)69-58-40-55(67(10,11)12)29-32-59(58)70(56-30-27-53(28-31-56)65(4,5)6)62-37-47(44(2)3)38-63(71)64(62)69/h15-41,44H,1,42-43H2,2-14H3/b54-22+,60-41-. The molecule has 1 aliphatic carbocycles. The highest BCUT2D eigenvalue weighted by Crippen LogP contribution is 2.49. The van der Waals surface area contributed by atoms with E-state index in [-0.39, 0.29) is 34.3 Å². The monoisotopic (exact) mass is 929 g/mol. The van der Waals surface area contributed by atoms with E-state index >= 15 is 0 Å². The van der Waals surface area contributed by atoms with Gasteiger partial charge in [0.05, 0.1) is 5.70 Å². The van der Waals surface area contributed by atoms with Crippen molar-refractivity contribution in [1.29, 1.82) is 0 Å². The molecule has 0 atom stereocenters. The van der Waals surface area contributed by atoms with Crippen LogP contribution >= 0.6 is 0 Å². The lowest BCUT2D eigenvalue weighted by Crippen LogP contribution is -2.62. The summed E-state index contributed by atoms with van der Waals surface area (Å²) in [5.41, 5.74) is 25.5. The Labute approximate surface area is 427 Å². The SMILES string of the molecule is C=C/C=C(\C=C(\c1cc(-c2ccccc2)cc(-c2ccccc2)c1)N1c2cc3c(cc2B2c4cc(C(C)(C)C)ccc4N(c4ccc(C(C)(C)C)cc4)c4cc(C(C)C)cc1c42)CC(C)(C)C3)C(C)(C)C. The normalized spacial score (nSPS) is 15.4. The van der Waals surface area contributed by atoms with E-state index in [9.17, 15) is 0 Å². The third-order valence-corrected chi connectivity index (χ3v) is 15.4. The second kappa shape index (κ2) is 17.6. The minimum Gasteiger partial charge on any atom is -0.311 e. The quantitative estimate of drug-likeness (QED) is 0.111. The summed E-state index contributed by atoms with van der Waals surface area (Å²) >= 11 is 0. The molecular weight excluding hydrogens is 856 g/mol. The van der Waals surface area contributed by atoms with Crippen molar-refractivity contribution in [3.05, 3.63) is 209 Å². The summed E-state index contributed by atoms with van der Waals surface area (Å²) in [7, 11) is 0. The summed E-state index contributed by atoms with van der Waals surface area (Å²) in [6, 6.07) is 56.2. The third-order valence-electron chi connectivity index (χ3n) is 15.4. The molecule has 0 N–H and O–H groups in total. The predicted octanol–water partition coefficient (Wildman–Crippen LogP) is 16.8. The van der Waals surface area contributed by atoms with E-state index in [4.69, 9.17) is 0 Å². The van der Waals surface area contributed by atoms with Gasteiger partial charge in [0.1, 0.15) is 0 Å². The zero-order valence-electron chi connectivity index (χ0n) is 44.8. The summed E-state index contributed by atoms with van der Waals surface area (Å²) in [5, 5.41) is 0. The van der Waals surface area contributed by atoms with Crippen LogP contribution in [-0.4, -0.2) is 6.71 Å². The molecule has 0 spiro atoms. The van der Waals surface area contributed by atoms with Crippen molar-refractivity contribution < 1.29 is 0 Å². The molecule has 2 aliphatic heterocycles. The van der Waals surface area contributed by atoms with Crippen LogP contribution in [0.1, 0.15) is 129 Å². The zero-order valence-corrected chi connectivity index (χ0v) is 44.8. The van der Waals surface area contributed by atoms with Gasteiger partial charge in [-0.3, -0.25) is 0 Å². The topological polar surface area (TPSA) is 6.48 Å². The van der Waals surface area contributed by atoms with Crippen molar-refractivity contribution in [2.24, 2.45) is 10.8 Å². The number of benzene rings is 7. The third kappa shape index (κ3) is 8.96. The lowest BCUT2D eigenvalue weighted by molar-refractivity contribution is 0.392. The number of rotatable bonds is 8. The van der Waals surface area contributed by atoms with Crippen molar-refractivity contribution in [3.8, 4) is 22.3 Å². The second-order valence-electron chi connectivity index (χ2n) is 24.9. The summed E-state index contributed by atoms with van der Waals surface area (Å²) in [6.07, 6.45) is 8.80. The Morgan fingerprint density at radius 3 is 1.68 bits per heavy atom. The van der Waals surface area contributed by atoms with Crippen LogP contribution in [0.5, 0.6) is 0 Å². The molecule has 3 aliphatic rings. The van der Waals surface area contributed by atoms with Gasteiger partial charge in [0.2, 0.25) is 0 Å². The lowest BCUT2D eigenvalue weighted by atomic mass is 9.33. The Kier molecular flexibility index (Phi) is 11.9. The largest absolute Gasteiger partial charge is 0.311 e. The van der Waals surface area contributed by atoms with Crippen LogP contribution < -0.4 is 26.2 Å². The van der Waals surface area contributed by atoms with Crippen molar-refractivity contribution in [1.82, 2.24) is 0 Å². The Morgan fingerprint density at radius 2 is 1.13 bits per heavy atom. The van der Waals surface area contributed by atoms with Crippen LogP contribution in [-0.2, 0) is 23.7 Å². The maximum absolute atomic E-state index is 4.29. The Bertz CT molecular complexity index is 3200. The van der Waals surface area contributed by atoms with Crippen LogP contribution in [0.3, 0.4) is 0 Å². The number of anilines is 5. The average molecular weight is 929 g/mol. The summed E-state index contributed by atoms with van der Waals surface area (Å²) in [5.74, 6) is 0.276. The average Bonchev–Trinajstić information content (AvgIpc) is 3.64. The maximum atomic E-state index is 4.29. The minimum absolute atomic E-state index is 0.00598. The molecule has 0 bridgehead atoms. The van der Waals surface area contributed by atoms with Crippen molar-refractivity contribution in [3.63, 3.8) is 0 Å². The molecule has 2 heterocycles. The van der Waals surface area contributed by atoms with Crippen molar-refractivity contribution in [2.75, 3.05) is 9.80 Å². The minimum atomic E-state index is -0.181. The molecule has 0 saturated heterocycles. The van der Waals surface area contributed by atoms with E-state index in [1.165, 1.54) is 106 Å². The first-order valence-electron chi connectivity index (χ1n) is 26.1. The van der Waals surface area contributed by atoms with Gasteiger partial charge >= 0.3 is 0 Å². The molecule has 0 aromatic heterocycles. The maximum Gasteiger partial charge on any atom is 0.252 e. The van der Waals surface area contributed by atoms with Gasteiger partial charge in [0.25, 0.3) is 6.71 Å². The number of allylic oxidation sites excluding steroid dienone is 4. The molecule has 7 aromatic carbocycles. The smallest absolute Gasteiger partial charge is 0.252 e. The molecule has 71 heavy (non-hydrogen) atoms. The molecular formula is C68H73BN2. The first-order valence-corrected chi connectivity index (χ1v) is 26.1. The highest BCUT2D eigenvalue weighted by molar-refractivity contribution is 7.00. The van der Waals surface area contributed by atoms with Crippen molar-refractivity contribution >= 4 is 57.2 Å².